The molecule has 0 saturated heterocycles. The second kappa shape index (κ2) is 11.0. The standard InChI is InChI=1S/C20H22N2O5S/c1-14-3-5-15(6-4-14)22-19(24)12-28-13-20(25)27-11-18(23)21-16-7-9-17(26-2)10-8-16/h3-10H,11-13H2,1-2H3,(H,21,23)(H,22,24). The number of carbonyl (C=O) groups excluding carboxylic acids is 3. The number of aryl methyl sites for hydroxylation is 1. The monoisotopic (exact) mass is 402 g/mol. The van der Waals surface area contributed by atoms with Gasteiger partial charge in [-0.15, -0.1) is 11.8 Å². The van der Waals surface area contributed by atoms with Crippen LogP contribution < -0.4 is 15.4 Å². The minimum Gasteiger partial charge on any atom is -0.497 e. The van der Waals surface area contributed by atoms with Crippen molar-refractivity contribution in [2.24, 2.45) is 0 Å². The number of amides is 2. The lowest BCUT2D eigenvalue weighted by Crippen LogP contribution is -2.22. The van der Waals surface area contributed by atoms with E-state index in [4.69, 9.17) is 9.47 Å². The number of ether oxygens (including phenoxy) is 2. The molecule has 8 heteroatoms. The minimum atomic E-state index is -0.557. The van der Waals surface area contributed by atoms with Crippen LogP contribution in [0.4, 0.5) is 11.4 Å². The second-order valence-corrected chi connectivity index (χ2v) is 6.83. The highest BCUT2D eigenvalue weighted by Gasteiger charge is 2.10. The molecule has 0 aromatic heterocycles. The molecule has 148 valence electrons. The third-order valence-electron chi connectivity index (χ3n) is 3.53. The molecule has 0 aliphatic rings. The normalized spacial score (nSPS) is 10.1. The van der Waals surface area contributed by atoms with Crippen LogP contribution in [0.25, 0.3) is 0 Å². The molecule has 2 N–H and O–H groups in total. The molecule has 0 aliphatic heterocycles. The van der Waals surface area contributed by atoms with Gasteiger partial charge in [0.2, 0.25) is 5.91 Å². The van der Waals surface area contributed by atoms with Crippen LogP contribution in [0.2, 0.25) is 0 Å². The van der Waals surface area contributed by atoms with E-state index in [2.05, 4.69) is 10.6 Å². The van der Waals surface area contributed by atoms with Gasteiger partial charge >= 0.3 is 5.97 Å². The summed E-state index contributed by atoms with van der Waals surface area (Å²) in [6.07, 6.45) is 0. The van der Waals surface area contributed by atoms with E-state index >= 15 is 0 Å². The molecule has 28 heavy (non-hydrogen) atoms. The molecule has 2 amide bonds. The number of hydrogen-bond donors (Lipinski definition) is 2. The van der Waals surface area contributed by atoms with Crippen LogP contribution in [0.1, 0.15) is 5.56 Å². The van der Waals surface area contributed by atoms with Gasteiger partial charge in [0.05, 0.1) is 18.6 Å². The zero-order valence-corrected chi connectivity index (χ0v) is 16.5. The van der Waals surface area contributed by atoms with E-state index in [1.165, 1.54) is 0 Å². The van der Waals surface area contributed by atoms with E-state index in [0.717, 1.165) is 17.3 Å². The van der Waals surface area contributed by atoms with Gasteiger partial charge in [-0.3, -0.25) is 14.4 Å². The molecule has 0 fully saturated rings. The van der Waals surface area contributed by atoms with Gasteiger partial charge in [0.1, 0.15) is 5.75 Å². The summed E-state index contributed by atoms with van der Waals surface area (Å²) in [5, 5.41) is 5.36. The number of thioether (sulfide) groups is 1. The van der Waals surface area contributed by atoms with Gasteiger partial charge in [0.15, 0.2) is 6.61 Å². The number of benzene rings is 2. The van der Waals surface area contributed by atoms with Crippen molar-refractivity contribution in [1.29, 1.82) is 0 Å². The van der Waals surface area contributed by atoms with E-state index in [1.54, 1.807) is 31.4 Å². The third kappa shape index (κ3) is 7.71. The van der Waals surface area contributed by atoms with Crippen LogP contribution in [0.3, 0.4) is 0 Å². The second-order valence-electron chi connectivity index (χ2n) is 5.84. The Morgan fingerprint density at radius 2 is 1.43 bits per heavy atom. The molecular formula is C20H22N2O5S. The highest BCUT2D eigenvalue weighted by Crippen LogP contribution is 2.15. The van der Waals surface area contributed by atoms with Crippen molar-refractivity contribution >= 4 is 40.9 Å². The quantitative estimate of drug-likeness (QED) is 0.627. The first-order valence-corrected chi connectivity index (χ1v) is 9.65. The van der Waals surface area contributed by atoms with E-state index in [-0.39, 0.29) is 24.0 Å². The molecule has 0 spiro atoms. The number of hydrogen-bond acceptors (Lipinski definition) is 6. The average molecular weight is 402 g/mol. The molecule has 2 aromatic carbocycles. The largest absolute Gasteiger partial charge is 0.497 e. The van der Waals surface area contributed by atoms with Crippen LogP contribution in [-0.2, 0) is 19.1 Å². The summed E-state index contributed by atoms with van der Waals surface area (Å²) in [7, 11) is 1.55. The minimum absolute atomic E-state index is 0.0167. The number of rotatable bonds is 9. The Morgan fingerprint density at radius 1 is 0.857 bits per heavy atom. The average Bonchev–Trinajstić information content (AvgIpc) is 2.69. The first-order valence-electron chi connectivity index (χ1n) is 8.50. The van der Waals surface area contributed by atoms with Gasteiger partial charge in [-0.2, -0.15) is 0 Å². The van der Waals surface area contributed by atoms with Crippen molar-refractivity contribution in [3.05, 3.63) is 54.1 Å². The number of esters is 1. The number of nitrogens with one attached hydrogen (secondary N) is 2. The summed E-state index contributed by atoms with van der Waals surface area (Å²) in [6.45, 7) is 1.57. The zero-order valence-electron chi connectivity index (χ0n) is 15.7. The predicted octanol–water partition coefficient (Wildman–Crippen LogP) is 2.86. The van der Waals surface area contributed by atoms with E-state index in [0.29, 0.717) is 17.1 Å². The van der Waals surface area contributed by atoms with Gasteiger partial charge in [0, 0.05) is 11.4 Å². The molecule has 0 heterocycles. The van der Waals surface area contributed by atoms with Crippen molar-refractivity contribution < 1.29 is 23.9 Å². The summed E-state index contributed by atoms with van der Waals surface area (Å²) in [4.78, 5) is 35.3. The summed E-state index contributed by atoms with van der Waals surface area (Å²) in [5.74, 6) is -0.441. The Labute approximate surface area is 167 Å². The van der Waals surface area contributed by atoms with Gasteiger partial charge < -0.3 is 20.1 Å². The van der Waals surface area contributed by atoms with Crippen LogP contribution in [0, 0.1) is 6.92 Å². The molecular weight excluding hydrogens is 380 g/mol. The lowest BCUT2D eigenvalue weighted by molar-refractivity contribution is -0.144. The molecule has 0 saturated carbocycles. The van der Waals surface area contributed by atoms with Crippen LogP contribution in [0.5, 0.6) is 5.75 Å². The topological polar surface area (TPSA) is 93.7 Å². The first-order chi connectivity index (χ1) is 13.5. The molecule has 0 aliphatic carbocycles. The Bertz CT molecular complexity index is 806. The van der Waals surface area contributed by atoms with Crippen LogP contribution >= 0.6 is 11.8 Å². The first kappa shape index (κ1) is 21.3. The van der Waals surface area contributed by atoms with Gasteiger partial charge in [0.25, 0.3) is 5.91 Å². The zero-order chi connectivity index (χ0) is 20.4. The van der Waals surface area contributed by atoms with Crippen molar-refractivity contribution in [1.82, 2.24) is 0 Å². The Balaban J connectivity index is 1.61. The highest BCUT2D eigenvalue weighted by molar-refractivity contribution is 8.00. The SMILES string of the molecule is COc1ccc(NC(=O)COC(=O)CSCC(=O)Nc2ccc(C)cc2)cc1. The summed E-state index contributed by atoms with van der Waals surface area (Å²) < 4.78 is 9.94. The fourth-order valence-corrected chi connectivity index (χ4v) is 2.73. The van der Waals surface area contributed by atoms with E-state index in [1.807, 2.05) is 31.2 Å². The number of carbonyl (C=O) groups is 3. The summed E-state index contributed by atoms with van der Waals surface area (Å²) in [5.41, 5.74) is 2.38. The molecule has 0 bridgehead atoms. The lowest BCUT2D eigenvalue weighted by atomic mass is 10.2. The van der Waals surface area contributed by atoms with Crippen molar-refractivity contribution in [3.8, 4) is 5.75 Å². The van der Waals surface area contributed by atoms with Crippen LogP contribution in [-0.4, -0.2) is 43.0 Å². The number of anilines is 2. The van der Waals surface area contributed by atoms with Crippen molar-refractivity contribution in [2.45, 2.75) is 6.92 Å². The molecule has 2 rings (SSSR count). The Kier molecular flexibility index (Phi) is 8.36. The lowest BCUT2D eigenvalue weighted by Gasteiger charge is -2.08. The van der Waals surface area contributed by atoms with Crippen LogP contribution in [0.15, 0.2) is 48.5 Å². The smallest absolute Gasteiger partial charge is 0.316 e. The summed E-state index contributed by atoms with van der Waals surface area (Å²) in [6, 6.07) is 14.2. The van der Waals surface area contributed by atoms with E-state index < -0.39 is 11.9 Å². The molecule has 7 nitrogen and oxygen atoms in total. The molecule has 0 unspecified atom stereocenters. The summed E-state index contributed by atoms with van der Waals surface area (Å²) >= 11 is 1.12. The maximum absolute atomic E-state index is 11.8. The van der Waals surface area contributed by atoms with Crippen molar-refractivity contribution in [2.75, 3.05) is 35.9 Å². The highest BCUT2D eigenvalue weighted by atomic mass is 32.2. The third-order valence-corrected chi connectivity index (χ3v) is 4.43. The van der Waals surface area contributed by atoms with Gasteiger partial charge in [-0.05, 0) is 43.3 Å². The fraction of sp³-hybridized carbons (Fsp3) is 0.250. The Morgan fingerprint density at radius 3 is 2.04 bits per heavy atom. The maximum Gasteiger partial charge on any atom is 0.316 e. The number of methoxy groups -OCH3 is 1. The van der Waals surface area contributed by atoms with Gasteiger partial charge in [-0.1, -0.05) is 17.7 Å². The molecule has 2 aromatic rings. The predicted molar refractivity (Wildman–Crippen MR) is 110 cm³/mol. The Hall–Kier alpha value is -3.00. The molecule has 0 radical (unpaired) electrons. The fourth-order valence-electron chi connectivity index (χ4n) is 2.12. The van der Waals surface area contributed by atoms with Gasteiger partial charge in [-0.25, -0.2) is 0 Å². The van der Waals surface area contributed by atoms with E-state index in [9.17, 15) is 14.4 Å². The molecule has 0 atom stereocenters. The van der Waals surface area contributed by atoms with Crippen molar-refractivity contribution in [3.63, 3.8) is 0 Å². The maximum atomic E-state index is 11.8.